The van der Waals surface area contributed by atoms with Crippen LogP contribution in [0.4, 0.5) is 9.18 Å². The van der Waals surface area contributed by atoms with Crippen molar-refractivity contribution in [2.24, 2.45) is 7.05 Å². The van der Waals surface area contributed by atoms with Crippen molar-refractivity contribution in [3.8, 4) is 11.5 Å². The molecule has 2 heterocycles. The maximum Gasteiger partial charge on any atom is 0.283 e. The molecule has 1 aromatic heterocycles. The summed E-state index contributed by atoms with van der Waals surface area (Å²) < 4.78 is 28.2. The van der Waals surface area contributed by atoms with Gasteiger partial charge in [-0.25, -0.2) is 4.39 Å². The highest BCUT2D eigenvalue weighted by atomic mass is 32.2. The van der Waals surface area contributed by atoms with E-state index in [0.717, 1.165) is 27.3 Å². The maximum atomic E-state index is 14.3. The average molecular weight is 545 g/mol. The fourth-order valence-corrected chi connectivity index (χ4v) is 5.46. The number of amides is 1. The van der Waals surface area contributed by atoms with Gasteiger partial charge in [0.1, 0.15) is 11.6 Å². The lowest BCUT2D eigenvalue weighted by molar-refractivity contribution is 0.245. The van der Waals surface area contributed by atoms with Gasteiger partial charge < -0.3 is 19.4 Å². The molecule has 0 spiro atoms. The quantitative estimate of drug-likeness (QED) is 0.317. The molecule has 1 N–H and O–H groups in total. The monoisotopic (exact) mass is 544 g/mol. The predicted octanol–water partition coefficient (Wildman–Crippen LogP) is 6.77. The number of carbonyl (C=O) groups is 1. The lowest BCUT2D eigenvalue weighted by Gasteiger charge is -2.19. The van der Waals surface area contributed by atoms with Gasteiger partial charge in [-0.05, 0) is 78.2 Å². The molecule has 2 aliphatic rings. The van der Waals surface area contributed by atoms with E-state index in [0.29, 0.717) is 42.6 Å². The molecule has 1 aliphatic heterocycles. The van der Waals surface area contributed by atoms with Gasteiger partial charge in [-0.2, -0.15) is 0 Å². The highest BCUT2D eigenvalue weighted by molar-refractivity contribution is 8.17. The number of nitrogens with one attached hydrogen (secondary N) is 1. The van der Waals surface area contributed by atoms with E-state index in [1.807, 2.05) is 67.1 Å². The van der Waals surface area contributed by atoms with Crippen LogP contribution in [0.5, 0.6) is 11.5 Å². The minimum atomic E-state index is -0.372. The van der Waals surface area contributed by atoms with Crippen LogP contribution in [-0.2, 0) is 7.05 Å². The minimum Gasteiger partial charge on any atom is -0.493 e. The number of pyridine rings is 1. The average Bonchev–Trinajstić information content (AvgIpc) is 3.27. The molecule has 0 atom stereocenters. The fraction of sp³-hybridized carbons (Fsp3) is 0.226. The Bertz CT molecular complexity index is 1600. The summed E-state index contributed by atoms with van der Waals surface area (Å²) in [6.07, 6.45) is 7.43. The smallest absolute Gasteiger partial charge is 0.283 e. The number of benzene rings is 2. The predicted molar refractivity (Wildman–Crippen MR) is 156 cm³/mol. The number of rotatable bonds is 8. The molecule has 1 fully saturated rings. The molecule has 0 unspecified atom stereocenters. The van der Waals surface area contributed by atoms with E-state index in [2.05, 4.69) is 5.32 Å². The number of ether oxygens (including phenoxy) is 2. The normalized spacial score (nSPS) is 16.4. The molecule has 0 radical (unpaired) electrons. The number of nitrogens with zero attached hydrogens (tertiary/aromatic N) is 1. The van der Waals surface area contributed by atoms with Gasteiger partial charge in [-0.3, -0.25) is 9.59 Å². The number of hydrogen-bond acceptors (Lipinski definition) is 5. The number of aryl methyl sites for hydroxylation is 1. The number of para-hydroxylation sites is 1. The zero-order valence-electron chi connectivity index (χ0n) is 21.8. The third-order valence-electron chi connectivity index (χ3n) is 6.73. The van der Waals surface area contributed by atoms with E-state index in [4.69, 9.17) is 9.47 Å². The Kier molecular flexibility index (Phi) is 8.02. The zero-order valence-corrected chi connectivity index (χ0v) is 22.6. The molecule has 2 aromatic carbocycles. The molecule has 0 saturated carbocycles. The molecule has 5 rings (SSSR count). The summed E-state index contributed by atoms with van der Waals surface area (Å²) in [5, 5.41) is 3.34. The molecule has 39 heavy (non-hydrogen) atoms. The Morgan fingerprint density at radius 2 is 1.85 bits per heavy atom. The van der Waals surface area contributed by atoms with Gasteiger partial charge >= 0.3 is 0 Å². The fourth-order valence-electron chi connectivity index (χ4n) is 4.68. The highest BCUT2D eigenvalue weighted by Crippen LogP contribution is 2.32. The van der Waals surface area contributed by atoms with E-state index in [-0.39, 0.29) is 28.9 Å². The van der Waals surface area contributed by atoms with Crippen molar-refractivity contribution < 1.29 is 18.7 Å². The summed E-state index contributed by atoms with van der Waals surface area (Å²) in [7, 11) is 1.87. The van der Waals surface area contributed by atoms with E-state index in [1.165, 1.54) is 23.9 Å². The van der Waals surface area contributed by atoms with Crippen LogP contribution >= 0.6 is 11.8 Å². The van der Waals surface area contributed by atoms with Crippen molar-refractivity contribution in [3.05, 3.63) is 105 Å². The summed E-state index contributed by atoms with van der Waals surface area (Å²) in [5.41, 5.74) is 3.91. The van der Waals surface area contributed by atoms with Crippen LogP contribution in [0.2, 0.25) is 0 Å². The number of halogens is 1. The number of allylic oxidation sites excluding steroid dienone is 7. The first-order chi connectivity index (χ1) is 18.9. The molecule has 6 nitrogen and oxygen atoms in total. The second-order valence-corrected chi connectivity index (χ2v) is 10.4. The molecule has 3 aromatic rings. The Balaban J connectivity index is 1.28. The molecular formula is C31H29FN2O4S. The van der Waals surface area contributed by atoms with Gasteiger partial charge in [0.15, 0.2) is 5.75 Å². The lowest BCUT2D eigenvalue weighted by atomic mass is 10.0. The van der Waals surface area contributed by atoms with Crippen LogP contribution in [0.15, 0.2) is 88.4 Å². The van der Waals surface area contributed by atoms with Crippen LogP contribution in [0.1, 0.15) is 31.0 Å². The highest BCUT2D eigenvalue weighted by Gasteiger charge is 2.21. The molecule has 200 valence electrons. The Hall–Kier alpha value is -4.04. The second-order valence-electron chi connectivity index (χ2n) is 9.30. The van der Waals surface area contributed by atoms with Crippen molar-refractivity contribution in [2.75, 3.05) is 19.8 Å². The Morgan fingerprint density at radius 1 is 1.08 bits per heavy atom. The second kappa shape index (κ2) is 11.8. The minimum absolute atomic E-state index is 0.0213. The summed E-state index contributed by atoms with van der Waals surface area (Å²) in [6, 6.07) is 15.1. The van der Waals surface area contributed by atoms with Gasteiger partial charge in [0, 0.05) is 23.8 Å². The molecule has 8 heteroatoms. The lowest BCUT2D eigenvalue weighted by Crippen LogP contribution is -2.18. The summed E-state index contributed by atoms with van der Waals surface area (Å²) in [4.78, 5) is 25.9. The summed E-state index contributed by atoms with van der Waals surface area (Å²) in [5.74, 6) is 0.573. The third-order valence-corrected chi connectivity index (χ3v) is 7.76. The van der Waals surface area contributed by atoms with Crippen molar-refractivity contribution in [1.82, 2.24) is 9.88 Å². The molecule has 1 aliphatic carbocycles. The first-order valence-electron chi connectivity index (χ1n) is 12.8. The number of fused-ring (bicyclic) bond motifs is 1. The Labute approximate surface area is 230 Å². The Morgan fingerprint density at radius 3 is 2.62 bits per heavy atom. The van der Waals surface area contributed by atoms with Crippen molar-refractivity contribution in [2.45, 2.75) is 19.8 Å². The van der Waals surface area contributed by atoms with Crippen LogP contribution in [0.25, 0.3) is 22.0 Å². The topological polar surface area (TPSA) is 69.6 Å². The van der Waals surface area contributed by atoms with E-state index in [9.17, 15) is 14.0 Å². The van der Waals surface area contributed by atoms with Gasteiger partial charge in [0.25, 0.3) is 5.24 Å². The van der Waals surface area contributed by atoms with E-state index >= 15 is 0 Å². The van der Waals surface area contributed by atoms with Gasteiger partial charge in [0.05, 0.1) is 31.0 Å². The van der Waals surface area contributed by atoms with Crippen LogP contribution < -0.4 is 20.2 Å². The van der Waals surface area contributed by atoms with Gasteiger partial charge in [-0.1, -0.05) is 36.4 Å². The maximum absolute atomic E-state index is 14.3. The van der Waals surface area contributed by atoms with Gasteiger partial charge in [0.2, 0.25) is 5.43 Å². The zero-order chi connectivity index (χ0) is 27.4. The largest absolute Gasteiger partial charge is 0.493 e. The summed E-state index contributed by atoms with van der Waals surface area (Å²) >= 11 is 1.24. The number of aromatic nitrogens is 1. The van der Waals surface area contributed by atoms with Crippen molar-refractivity contribution in [1.29, 1.82) is 0 Å². The van der Waals surface area contributed by atoms with E-state index < -0.39 is 0 Å². The van der Waals surface area contributed by atoms with Crippen molar-refractivity contribution in [3.63, 3.8) is 0 Å². The third kappa shape index (κ3) is 5.86. The molecule has 1 saturated heterocycles. The van der Waals surface area contributed by atoms with Crippen molar-refractivity contribution >= 4 is 39.1 Å². The molecular weight excluding hydrogens is 515 g/mol. The van der Waals surface area contributed by atoms with Gasteiger partial charge in [-0.15, -0.1) is 0 Å². The SMILES string of the molecule is C/C(=C1/CNC(=O)S1)c1ccc(OCCCOc2c(C3=CC(F)=CC=CC3)n(C)c3ccccc3c2=O)cc1. The van der Waals surface area contributed by atoms with Crippen LogP contribution in [0, 0.1) is 0 Å². The molecule has 0 bridgehead atoms. The van der Waals surface area contributed by atoms with Crippen LogP contribution in [0.3, 0.4) is 0 Å². The van der Waals surface area contributed by atoms with E-state index in [1.54, 1.807) is 12.1 Å². The summed E-state index contributed by atoms with van der Waals surface area (Å²) in [6.45, 7) is 3.24. The number of carbonyl (C=O) groups excluding carboxylic acids is 1. The number of hydrogen-bond donors (Lipinski definition) is 1. The first-order valence-corrected chi connectivity index (χ1v) is 13.6. The van der Waals surface area contributed by atoms with Crippen LogP contribution in [-0.4, -0.2) is 29.6 Å². The molecule has 1 amide bonds. The number of thioether (sulfide) groups is 1. The first kappa shape index (κ1) is 26.6. The standard InChI is InChI=1S/C31H29FN2O4S/c1-20(27-19-33-31(36)39-27)21-12-14-24(15-13-21)37-16-7-17-38-30-28(22-8-3-4-9-23(32)18-22)34(2)26-11-6-5-10-25(26)29(30)35/h3-6,9-15,18H,7-8,16-17,19H2,1-2H3,(H,33,36)/b27-20+.